The molecule has 0 amide bonds. The van der Waals surface area contributed by atoms with Crippen LogP contribution in [0.4, 0.5) is 0 Å². The molecule has 0 aromatic carbocycles. The first-order valence-electron chi connectivity index (χ1n) is 10.4. The minimum atomic E-state index is -0.278. The Morgan fingerprint density at radius 2 is 2.07 bits per heavy atom. The van der Waals surface area contributed by atoms with Crippen LogP contribution in [0.15, 0.2) is 18.5 Å². The van der Waals surface area contributed by atoms with Crippen LogP contribution in [0.3, 0.4) is 0 Å². The molecule has 1 saturated heterocycles. The molecule has 1 spiro atoms. The number of ether oxygens (including phenoxy) is 3. The van der Waals surface area contributed by atoms with Gasteiger partial charge in [0, 0.05) is 23.1 Å². The summed E-state index contributed by atoms with van der Waals surface area (Å²) >= 11 is 0. The maximum absolute atomic E-state index is 6.09. The molecule has 2 saturated carbocycles. The Hall–Kier alpha value is -2.43. The molecular weight excluding hydrogens is 368 g/mol. The SMILES string of the molecule is CC(C)C#Cc1cnc(-c2cn(CC3OCC4(CC4)CO3)nn2)c(OC2CC2)c1. The molecule has 2 aliphatic carbocycles. The van der Waals surface area contributed by atoms with Crippen LogP contribution in [-0.2, 0) is 16.0 Å². The Morgan fingerprint density at radius 1 is 1.28 bits per heavy atom. The molecular formula is C22H26N4O3. The lowest BCUT2D eigenvalue weighted by atomic mass is 10.1. The van der Waals surface area contributed by atoms with Crippen molar-refractivity contribution in [3.05, 3.63) is 24.0 Å². The number of nitrogens with zero attached hydrogens (tertiary/aromatic N) is 4. The van der Waals surface area contributed by atoms with E-state index in [0.29, 0.717) is 29.3 Å². The first-order valence-corrected chi connectivity index (χ1v) is 10.4. The lowest BCUT2D eigenvalue weighted by Gasteiger charge is -2.29. The second kappa shape index (κ2) is 7.43. The van der Waals surface area contributed by atoms with Gasteiger partial charge in [-0.25, -0.2) is 9.67 Å². The summed E-state index contributed by atoms with van der Waals surface area (Å²) in [5.74, 6) is 7.36. The third kappa shape index (κ3) is 4.44. The van der Waals surface area contributed by atoms with Crippen molar-refractivity contribution in [2.75, 3.05) is 13.2 Å². The number of rotatable bonds is 5. The third-order valence-electron chi connectivity index (χ3n) is 5.40. The van der Waals surface area contributed by atoms with Gasteiger partial charge in [-0.1, -0.05) is 30.9 Å². The van der Waals surface area contributed by atoms with Gasteiger partial charge in [-0.05, 0) is 31.7 Å². The van der Waals surface area contributed by atoms with E-state index in [9.17, 15) is 0 Å². The van der Waals surface area contributed by atoms with E-state index in [0.717, 1.165) is 37.4 Å². The van der Waals surface area contributed by atoms with Crippen LogP contribution >= 0.6 is 0 Å². The van der Waals surface area contributed by atoms with Crippen LogP contribution < -0.4 is 4.74 Å². The van der Waals surface area contributed by atoms with Crippen LogP contribution in [0.2, 0.25) is 0 Å². The number of aromatic nitrogens is 4. The Kier molecular flexibility index (Phi) is 4.76. The predicted octanol–water partition coefficient (Wildman–Crippen LogP) is 3.04. The monoisotopic (exact) mass is 394 g/mol. The van der Waals surface area contributed by atoms with Gasteiger partial charge in [-0.3, -0.25) is 0 Å². The third-order valence-corrected chi connectivity index (χ3v) is 5.40. The van der Waals surface area contributed by atoms with E-state index in [2.05, 4.69) is 41.0 Å². The standard InChI is InChI=1S/C22H26N4O3/c1-15(2)3-4-16-9-19(29-17-5-6-17)21(23-10-16)18-11-26(25-24-18)12-20-27-13-22(7-8-22)14-28-20/h9-11,15,17,20H,5-8,12-14H2,1-2H3. The molecule has 0 unspecified atom stereocenters. The highest BCUT2D eigenvalue weighted by molar-refractivity contribution is 5.63. The summed E-state index contributed by atoms with van der Waals surface area (Å²) in [5, 5.41) is 8.55. The zero-order chi connectivity index (χ0) is 19.8. The minimum absolute atomic E-state index is 0.262. The minimum Gasteiger partial charge on any atom is -0.488 e. The zero-order valence-corrected chi connectivity index (χ0v) is 16.9. The van der Waals surface area contributed by atoms with Gasteiger partial charge in [-0.15, -0.1) is 5.10 Å². The Balaban J connectivity index is 1.32. The molecule has 152 valence electrons. The van der Waals surface area contributed by atoms with Crippen molar-refractivity contribution >= 4 is 0 Å². The van der Waals surface area contributed by atoms with Crippen molar-refractivity contribution in [1.29, 1.82) is 0 Å². The summed E-state index contributed by atoms with van der Waals surface area (Å²) in [7, 11) is 0. The summed E-state index contributed by atoms with van der Waals surface area (Å²) in [6, 6.07) is 1.96. The van der Waals surface area contributed by atoms with Gasteiger partial charge in [0.2, 0.25) is 0 Å². The van der Waals surface area contributed by atoms with Crippen LogP contribution in [-0.4, -0.2) is 45.6 Å². The summed E-state index contributed by atoms with van der Waals surface area (Å²) < 4.78 is 19.6. The molecule has 0 radical (unpaired) electrons. The largest absolute Gasteiger partial charge is 0.488 e. The summed E-state index contributed by atoms with van der Waals surface area (Å²) in [5.41, 5.74) is 2.52. The Labute approximate surface area is 170 Å². The molecule has 7 nitrogen and oxygen atoms in total. The fraction of sp³-hybridized carbons (Fsp3) is 0.591. The highest BCUT2D eigenvalue weighted by Crippen LogP contribution is 2.48. The molecule has 1 aliphatic heterocycles. The van der Waals surface area contributed by atoms with Crippen LogP contribution in [0.25, 0.3) is 11.4 Å². The lowest BCUT2D eigenvalue weighted by molar-refractivity contribution is -0.213. The smallest absolute Gasteiger partial charge is 0.177 e. The van der Waals surface area contributed by atoms with Crippen molar-refractivity contribution in [3.63, 3.8) is 0 Å². The van der Waals surface area contributed by atoms with Crippen LogP contribution in [0, 0.1) is 23.2 Å². The first-order chi connectivity index (χ1) is 14.1. The lowest BCUT2D eigenvalue weighted by Crippen LogP contribution is -2.36. The van der Waals surface area contributed by atoms with Gasteiger partial charge in [-0.2, -0.15) is 0 Å². The average molecular weight is 394 g/mol. The second-order valence-corrected chi connectivity index (χ2v) is 8.69. The molecule has 7 heteroatoms. The van der Waals surface area contributed by atoms with Crippen molar-refractivity contribution in [2.45, 2.75) is 58.5 Å². The normalized spacial score (nSPS) is 20.5. The molecule has 0 bridgehead atoms. The van der Waals surface area contributed by atoms with E-state index < -0.39 is 0 Å². The number of hydrogen-bond donors (Lipinski definition) is 0. The van der Waals surface area contributed by atoms with Gasteiger partial charge in [0.15, 0.2) is 6.29 Å². The summed E-state index contributed by atoms with van der Waals surface area (Å²) in [6.45, 7) is 6.20. The second-order valence-electron chi connectivity index (χ2n) is 8.69. The fourth-order valence-electron chi connectivity index (χ4n) is 3.24. The summed E-state index contributed by atoms with van der Waals surface area (Å²) in [4.78, 5) is 4.59. The van der Waals surface area contributed by atoms with Gasteiger partial charge >= 0.3 is 0 Å². The van der Waals surface area contributed by atoms with Crippen LogP contribution in [0.1, 0.15) is 45.1 Å². The van der Waals surface area contributed by atoms with Gasteiger partial charge in [0.05, 0.1) is 32.1 Å². The van der Waals surface area contributed by atoms with Gasteiger partial charge in [0.1, 0.15) is 17.1 Å². The van der Waals surface area contributed by atoms with Crippen molar-refractivity contribution in [3.8, 4) is 29.0 Å². The predicted molar refractivity (Wildman–Crippen MR) is 106 cm³/mol. The maximum atomic E-state index is 6.09. The molecule has 3 aliphatic rings. The maximum Gasteiger partial charge on any atom is 0.177 e. The van der Waals surface area contributed by atoms with Gasteiger partial charge in [0.25, 0.3) is 0 Å². The highest BCUT2D eigenvalue weighted by atomic mass is 16.7. The molecule has 0 N–H and O–H groups in total. The van der Waals surface area contributed by atoms with E-state index >= 15 is 0 Å². The van der Waals surface area contributed by atoms with Crippen molar-refractivity contribution < 1.29 is 14.2 Å². The number of hydrogen-bond acceptors (Lipinski definition) is 6. The molecule has 3 heterocycles. The Morgan fingerprint density at radius 3 is 2.76 bits per heavy atom. The van der Waals surface area contributed by atoms with E-state index in [1.165, 1.54) is 12.8 Å². The highest BCUT2D eigenvalue weighted by Gasteiger charge is 2.47. The van der Waals surface area contributed by atoms with E-state index in [-0.39, 0.29) is 12.4 Å². The van der Waals surface area contributed by atoms with E-state index in [1.807, 2.05) is 12.3 Å². The molecule has 2 aromatic heterocycles. The van der Waals surface area contributed by atoms with Crippen molar-refractivity contribution in [1.82, 2.24) is 20.0 Å². The number of pyridine rings is 1. The van der Waals surface area contributed by atoms with E-state index in [1.54, 1.807) is 10.9 Å². The van der Waals surface area contributed by atoms with Gasteiger partial charge < -0.3 is 14.2 Å². The molecule has 0 atom stereocenters. The molecule has 3 fully saturated rings. The molecule has 5 rings (SSSR count). The molecule has 2 aromatic rings. The fourth-order valence-corrected chi connectivity index (χ4v) is 3.24. The summed E-state index contributed by atoms with van der Waals surface area (Å²) in [6.07, 6.45) is 8.19. The zero-order valence-electron chi connectivity index (χ0n) is 16.9. The topological polar surface area (TPSA) is 71.3 Å². The Bertz CT molecular complexity index is 940. The first kappa shape index (κ1) is 18.6. The molecule has 29 heavy (non-hydrogen) atoms. The average Bonchev–Trinajstić information content (AvgIpc) is 3.63. The van der Waals surface area contributed by atoms with Crippen molar-refractivity contribution in [2.24, 2.45) is 11.3 Å². The quantitative estimate of drug-likeness (QED) is 0.726. The van der Waals surface area contributed by atoms with E-state index in [4.69, 9.17) is 14.2 Å². The van der Waals surface area contributed by atoms with Crippen LogP contribution in [0.5, 0.6) is 5.75 Å².